The average Bonchev–Trinajstić information content (AvgIpc) is 3.91. The Hall–Kier alpha value is -8.40. The molecule has 0 saturated heterocycles. The standard InChI is InChI=1S/C60H40N2O/c1-2-13-41(14-3-1)45-15-10-16-46(39-45)44-31-35-49(36-32-44)61(51-18-11-17-47(40-51)52-22-12-26-59-60(52)55-21-6-9-25-58(55)63-59)48-33-27-42(28-34-48)43-29-37-50(38-30-43)62-56-23-7-4-19-53(56)54-20-5-8-24-57(54)62/h1-40H. The summed E-state index contributed by atoms with van der Waals surface area (Å²) in [4.78, 5) is 2.36. The van der Waals surface area contributed by atoms with Crippen LogP contribution in [0.4, 0.5) is 17.1 Å². The van der Waals surface area contributed by atoms with Gasteiger partial charge in [-0.2, -0.15) is 0 Å². The zero-order chi connectivity index (χ0) is 41.7. The van der Waals surface area contributed by atoms with Gasteiger partial charge in [-0.15, -0.1) is 0 Å². The maximum atomic E-state index is 6.31. The van der Waals surface area contributed by atoms with Crippen LogP contribution in [0.25, 0.3) is 93.9 Å². The molecule has 0 aliphatic rings. The summed E-state index contributed by atoms with van der Waals surface area (Å²) in [6.07, 6.45) is 0. The van der Waals surface area contributed by atoms with E-state index in [1.54, 1.807) is 0 Å². The van der Waals surface area contributed by atoms with Gasteiger partial charge in [0.05, 0.1) is 11.0 Å². The summed E-state index contributed by atoms with van der Waals surface area (Å²) in [5.41, 5.74) is 17.9. The van der Waals surface area contributed by atoms with Gasteiger partial charge in [0.2, 0.25) is 0 Å². The molecule has 0 aliphatic heterocycles. The summed E-state index contributed by atoms with van der Waals surface area (Å²) in [7, 11) is 0. The van der Waals surface area contributed by atoms with Crippen LogP contribution in [0, 0.1) is 0 Å². The Bertz CT molecular complexity index is 3550. The molecule has 63 heavy (non-hydrogen) atoms. The lowest BCUT2D eigenvalue weighted by Gasteiger charge is -2.26. The highest BCUT2D eigenvalue weighted by molar-refractivity contribution is 6.12. The molecule has 0 spiro atoms. The molecule has 0 amide bonds. The molecule has 3 nitrogen and oxygen atoms in total. The normalized spacial score (nSPS) is 11.5. The first-order chi connectivity index (χ1) is 31.2. The van der Waals surface area contributed by atoms with Gasteiger partial charge in [0.1, 0.15) is 11.2 Å². The van der Waals surface area contributed by atoms with Gasteiger partial charge in [-0.25, -0.2) is 0 Å². The van der Waals surface area contributed by atoms with Crippen LogP contribution >= 0.6 is 0 Å². The molecule has 0 radical (unpaired) electrons. The van der Waals surface area contributed by atoms with E-state index in [0.717, 1.165) is 61.4 Å². The summed E-state index contributed by atoms with van der Waals surface area (Å²) < 4.78 is 8.67. The lowest BCUT2D eigenvalue weighted by Crippen LogP contribution is -2.10. The van der Waals surface area contributed by atoms with E-state index in [9.17, 15) is 0 Å². The number of benzene rings is 10. The quantitative estimate of drug-likeness (QED) is 0.153. The summed E-state index contributed by atoms with van der Waals surface area (Å²) in [5, 5.41) is 4.78. The molecule has 12 rings (SSSR count). The van der Waals surface area contributed by atoms with Crippen LogP contribution in [0.2, 0.25) is 0 Å². The topological polar surface area (TPSA) is 21.3 Å². The van der Waals surface area contributed by atoms with Crippen LogP contribution in [-0.2, 0) is 0 Å². The van der Waals surface area contributed by atoms with E-state index in [2.05, 4.69) is 240 Å². The van der Waals surface area contributed by atoms with Crippen LogP contribution < -0.4 is 4.90 Å². The van der Waals surface area contributed by atoms with Crippen LogP contribution in [-0.4, -0.2) is 4.57 Å². The third kappa shape index (κ3) is 6.46. The number of nitrogens with zero attached hydrogens (tertiary/aromatic N) is 2. The molecule has 0 N–H and O–H groups in total. The second-order valence-electron chi connectivity index (χ2n) is 16.1. The SMILES string of the molecule is c1ccc(-c2cccc(-c3ccc(N(c4ccc(-c5ccc(-n6c7ccccc7c7ccccc76)cc5)cc4)c4cccc(-c5cccc6oc7ccccc7c56)c4)cc3)c2)cc1. The molecule has 0 aliphatic carbocycles. The molecule has 12 aromatic rings. The number of rotatable bonds is 8. The Morgan fingerprint density at radius 2 is 0.778 bits per heavy atom. The van der Waals surface area contributed by atoms with Crippen molar-refractivity contribution in [2.45, 2.75) is 0 Å². The summed E-state index contributed by atoms with van der Waals surface area (Å²) in [5.74, 6) is 0. The number of anilines is 3. The van der Waals surface area contributed by atoms with E-state index in [1.165, 1.54) is 49.6 Å². The van der Waals surface area contributed by atoms with Crippen molar-refractivity contribution in [3.8, 4) is 50.2 Å². The fraction of sp³-hybridized carbons (Fsp3) is 0. The van der Waals surface area contributed by atoms with E-state index in [1.807, 2.05) is 12.1 Å². The van der Waals surface area contributed by atoms with E-state index in [4.69, 9.17) is 4.42 Å². The van der Waals surface area contributed by atoms with Crippen molar-refractivity contribution in [2.24, 2.45) is 0 Å². The minimum atomic E-state index is 0.890. The van der Waals surface area contributed by atoms with Crippen molar-refractivity contribution in [1.82, 2.24) is 4.57 Å². The summed E-state index contributed by atoms with van der Waals surface area (Å²) in [6.45, 7) is 0. The van der Waals surface area contributed by atoms with Crippen molar-refractivity contribution in [1.29, 1.82) is 0 Å². The fourth-order valence-corrected chi connectivity index (χ4v) is 9.39. The maximum Gasteiger partial charge on any atom is 0.136 e. The van der Waals surface area contributed by atoms with E-state index < -0.39 is 0 Å². The van der Waals surface area contributed by atoms with E-state index in [0.29, 0.717) is 0 Å². The van der Waals surface area contributed by atoms with Crippen molar-refractivity contribution in [3.05, 3.63) is 243 Å². The molecule has 0 bridgehead atoms. The lowest BCUT2D eigenvalue weighted by atomic mass is 9.98. The zero-order valence-corrected chi connectivity index (χ0v) is 34.4. The van der Waals surface area contributed by atoms with Gasteiger partial charge in [-0.05, 0) is 123 Å². The molecule has 0 fully saturated rings. The van der Waals surface area contributed by atoms with Crippen molar-refractivity contribution in [2.75, 3.05) is 4.90 Å². The number of para-hydroxylation sites is 3. The number of hydrogen-bond acceptors (Lipinski definition) is 2. The Kier molecular flexibility index (Phi) is 8.83. The number of aromatic nitrogens is 1. The van der Waals surface area contributed by atoms with Crippen LogP contribution in [0.15, 0.2) is 247 Å². The van der Waals surface area contributed by atoms with Crippen molar-refractivity contribution in [3.63, 3.8) is 0 Å². The first-order valence-corrected chi connectivity index (χ1v) is 21.5. The smallest absolute Gasteiger partial charge is 0.136 e. The van der Waals surface area contributed by atoms with Gasteiger partial charge in [0.25, 0.3) is 0 Å². The molecular formula is C60H40N2O. The van der Waals surface area contributed by atoms with Gasteiger partial charge in [0.15, 0.2) is 0 Å². The second-order valence-corrected chi connectivity index (χ2v) is 16.1. The molecule has 0 unspecified atom stereocenters. The van der Waals surface area contributed by atoms with Crippen LogP contribution in [0.5, 0.6) is 0 Å². The molecule has 0 saturated carbocycles. The van der Waals surface area contributed by atoms with E-state index in [-0.39, 0.29) is 0 Å². The highest BCUT2D eigenvalue weighted by Crippen LogP contribution is 2.42. The lowest BCUT2D eigenvalue weighted by molar-refractivity contribution is 0.669. The largest absolute Gasteiger partial charge is 0.456 e. The Balaban J connectivity index is 0.925. The Labute approximate surface area is 366 Å². The Morgan fingerprint density at radius 1 is 0.302 bits per heavy atom. The van der Waals surface area contributed by atoms with Crippen molar-refractivity contribution >= 4 is 60.8 Å². The summed E-state index contributed by atoms with van der Waals surface area (Å²) >= 11 is 0. The predicted molar refractivity (Wildman–Crippen MR) is 264 cm³/mol. The molecule has 10 aromatic carbocycles. The molecular weight excluding hydrogens is 765 g/mol. The van der Waals surface area contributed by atoms with Gasteiger partial charge < -0.3 is 13.9 Å². The predicted octanol–water partition coefficient (Wildman–Crippen LogP) is 16.8. The molecule has 3 heteroatoms. The average molecular weight is 805 g/mol. The minimum absolute atomic E-state index is 0.890. The third-order valence-electron chi connectivity index (χ3n) is 12.4. The minimum Gasteiger partial charge on any atom is -0.456 e. The first kappa shape index (κ1) is 36.5. The molecule has 0 atom stereocenters. The first-order valence-electron chi connectivity index (χ1n) is 21.5. The monoisotopic (exact) mass is 804 g/mol. The molecule has 2 aromatic heterocycles. The maximum absolute atomic E-state index is 6.31. The zero-order valence-electron chi connectivity index (χ0n) is 34.4. The fourth-order valence-electron chi connectivity index (χ4n) is 9.39. The van der Waals surface area contributed by atoms with Gasteiger partial charge in [0, 0.05) is 44.3 Å². The summed E-state index contributed by atoms with van der Waals surface area (Å²) in [6, 6.07) is 87.1. The second kappa shape index (κ2) is 15.3. The van der Waals surface area contributed by atoms with Crippen molar-refractivity contribution < 1.29 is 4.42 Å². The van der Waals surface area contributed by atoms with Gasteiger partial charge >= 0.3 is 0 Å². The van der Waals surface area contributed by atoms with E-state index >= 15 is 0 Å². The highest BCUT2D eigenvalue weighted by atomic mass is 16.3. The van der Waals surface area contributed by atoms with Crippen LogP contribution in [0.1, 0.15) is 0 Å². The van der Waals surface area contributed by atoms with Gasteiger partial charge in [-0.1, -0.05) is 164 Å². The number of fused-ring (bicyclic) bond motifs is 6. The highest BCUT2D eigenvalue weighted by Gasteiger charge is 2.18. The van der Waals surface area contributed by atoms with Gasteiger partial charge in [-0.3, -0.25) is 0 Å². The van der Waals surface area contributed by atoms with Crippen LogP contribution in [0.3, 0.4) is 0 Å². The third-order valence-corrected chi connectivity index (χ3v) is 12.4. The Morgan fingerprint density at radius 3 is 1.44 bits per heavy atom. The number of furan rings is 1. The molecule has 296 valence electrons. The molecule has 2 heterocycles. The number of hydrogen-bond donors (Lipinski definition) is 0.